The number of aromatic nitrogens is 2. The highest BCUT2D eigenvalue weighted by atomic mass is 16.5. The van der Waals surface area contributed by atoms with Crippen molar-refractivity contribution in [3.05, 3.63) is 17.5 Å². The topological polar surface area (TPSA) is 39.1 Å². The van der Waals surface area contributed by atoms with Crippen LogP contribution in [0.15, 0.2) is 6.20 Å². The number of rotatable bonds is 3. The van der Waals surface area contributed by atoms with Gasteiger partial charge >= 0.3 is 0 Å². The largest absolute Gasteiger partial charge is 0.381 e. The third kappa shape index (κ3) is 1.67. The van der Waals surface area contributed by atoms with Crippen LogP contribution in [0.2, 0.25) is 0 Å². The molecule has 0 aliphatic carbocycles. The summed E-state index contributed by atoms with van der Waals surface area (Å²) in [6.07, 6.45) is 1.97. The molecular formula is C10H17N3O. The fourth-order valence-electron chi connectivity index (χ4n) is 1.92. The lowest BCUT2D eigenvalue weighted by Gasteiger charge is -2.23. The van der Waals surface area contributed by atoms with Gasteiger partial charge in [0.1, 0.15) is 0 Å². The van der Waals surface area contributed by atoms with Crippen molar-refractivity contribution in [3.63, 3.8) is 0 Å². The van der Waals surface area contributed by atoms with E-state index in [-0.39, 0.29) is 0 Å². The molecule has 0 bridgehead atoms. The van der Waals surface area contributed by atoms with Crippen molar-refractivity contribution >= 4 is 0 Å². The first-order chi connectivity index (χ1) is 6.83. The number of nitrogens with zero attached hydrogens (tertiary/aromatic N) is 2. The van der Waals surface area contributed by atoms with Crippen molar-refractivity contribution in [2.45, 2.75) is 19.4 Å². The molecule has 1 aliphatic rings. The van der Waals surface area contributed by atoms with Gasteiger partial charge in [0, 0.05) is 38.2 Å². The highest BCUT2D eigenvalue weighted by Crippen LogP contribution is 2.23. The van der Waals surface area contributed by atoms with E-state index in [0.717, 1.165) is 26.3 Å². The molecule has 0 saturated carbocycles. The van der Waals surface area contributed by atoms with Gasteiger partial charge < -0.3 is 10.1 Å². The minimum absolute atomic E-state index is 0.465. The van der Waals surface area contributed by atoms with Crippen molar-refractivity contribution < 1.29 is 4.74 Å². The Morgan fingerprint density at radius 2 is 2.57 bits per heavy atom. The van der Waals surface area contributed by atoms with Crippen LogP contribution in [0.25, 0.3) is 0 Å². The fourth-order valence-corrected chi connectivity index (χ4v) is 1.92. The first-order valence-corrected chi connectivity index (χ1v) is 5.12. The number of fused-ring (bicyclic) bond motifs is 1. The number of nitrogens with one attached hydrogen (secondary N) is 1. The van der Waals surface area contributed by atoms with Crippen molar-refractivity contribution in [2.24, 2.45) is 7.05 Å². The molecule has 0 fully saturated rings. The van der Waals surface area contributed by atoms with E-state index in [9.17, 15) is 0 Å². The molecular weight excluding hydrogens is 178 g/mol. The number of hydrogen-bond donors (Lipinski definition) is 1. The zero-order valence-corrected chi connectivity index (χ0v) is 8.79. The molecule has 0 unspecified atom stereocenters. The van der Waals surface area contributed by atoms with Gasteiger partial charge in [-0.3, -0.25) is 4.68 Å². The second-order valence-corrected chi connectivity index (χ2v) is 3.66. The summed E-state index contributed by atoms with van der Waals surface area (Å²) < 4.78 is 7.41. The Morgan fingerprint density at radius 3 is 3.36 bits per heavy atom. The van der Waals surface area contributed by atoms with Gasteiger partial charge in [-0.15, -0.1) is 0 Å². The summed E-state index contributed by atoms with van der Waals surface area (Å²) in [4.78, 5) is 0. The first-order valence-electron chi connectivity index (χ1n) is 5.12. The van der Waals surface area contributed by atoms with E-state index in [0.29, 0.717) is 5.92 Å². The standard InChI is InChI=1S/C10H17N3O/c1-3-14-7-8-4-11-6-10-9(8)5-12-13(10)2/h5,8,11H,3-4,6-7H2,1-2H3/t8-/m1/s1. The third-order valence-electron chi connectivity index (χ3n) is 2.74. The lowest BCUT2D eigenvalue weighted by molar-refractivity contribution is 0.129. The van der Waals surface area contributed by atoms with Crippen molar-refractivity contribution in [1.82, 2.24) is 15.1 Å². The van der Waals surface area contributed by atoms with Crippen LogP contribution in [-0.4, -0.2) is 29.5 Å². The molecule has 0 saturated heterocycles. The zero-order valence-electron chi connectivity index (χ0n) is 8.79. The molecule has 78 valence electrons. The molecule has 4 heteroatoms. The molecule has 1 aromatic rings. The van der Waals surface area contributed by atoms with Gasteiger partial charge in [-0.1, -0.05) is 0 Å². The molecule has 0 aromatic carbocycles. The highest BCUT2D eigenvalue weighted by molar-refractivity contribution is 5.25. The van der Waals surface area contributed by atoms with Crippen LogP contribution < -0.4 is 5.32 Å². The Morgan fingerprint density at radius 1 is 1.71 bits per heavy atom. The average Bonchev–Trinajstić information content (AvgIpc) is 2.58. The Hall–Kier alpha value is -0.870. The van der Waals surface area contributed by atoms with Crippen molar-refractivity contribution in [1.29, 1.82) is 0 Å². The molecule has 0 radical (unpaired) electrons. The summed E-state index contributed by atoms with van der Waals surface area (Å²) >= 11 is 0. The second kappa shape index (κ2) is 4.11. The minimum atomic E-state index is 0.465. The number of hydrogen-bond acceptors (Lipinski definition) is 3. The lowest BCUT2D eigenvalue weighted by Crippen LogP contribution is -2.31. The summed E-state index contributed by atoms with van der Waals surface area (Å²) in [7, 11) is 1.99. The van der Waals surface area contributed by atoms with Crippen LogP contribution in [0.5, 0.6) is 0 Å². The summed E-state index contributed by atoms with van der Waals surface area (Å²) in [6.45, 7) is 5.53. The second-order valence-electron chi connectivity index (χ2n) is 3.66. The maximum absolute atomic E-state index is 5.46. The Balaban J connectivity index is 2.14. The van der Waals surface area contributed by atoms with Crippen LogP contribution in [0.1, 0.15) is 24.1 Å². The molecule has 0 spiro atoms. The van der Waals surface area contributed by atoms with Crippen molar-refractivity contribution in [3.8, 4) is 0 Å². The Labute approximate surface area is 84.3 Å². The van der Waals surface area contributed by atoms with E-state index in [1.807, 2.05) is 24.9 Å². The molecule has 1 aliphatic heterocycles. The van der Waals surface area contributed by atoms with Gasteiger partial charge in [-0.25, -0.2) is 0 Å². The minimum Gasteiger partial charge on any atom is -0.381 e. The summed E-state index contributed by atoms with van der Waals surface area (Å²) in [5, 5.41) is 7.66. The zero-order chi connectivity index (χ0) is 9.97. The number of ether oxygens (including phenoxy) is 1. The predicted molar refractivity (Wildman–Crippen MR) is 54.1 cm³/mol. The monoisotopic (exact) mass is 195 g/mol. The van der Waals surface area contributed by atoms with Crippen LogP contribution in [0.4, 0.5) is 0 Å². The Bertz CT molecular complexity index is 308. The summed E-state index contributed by atoms with van der Waals surface area (Å²) in [5.74, 6) is 0.465. The maximum Gasteiger partial charge on any atom is 0.0554 e. The maximum atomic E-state index is 5.46. The molecule has 0 amide bonds. The molecule has 2 heterocycles. The van der Waals surface area contributed by atoms with E-state index in [2.05, 4.69) is 10.4 Å². The third-order valence-corrected chi connectivity index (χ3v) is 2.74. The molecule has 1 atom stereocenters. The first kappa shape index (κ1) is 9.68. The van der Waals surface area contributed by atoms with E-state index in [1.54, 1.807) is 0 Å². The SMILES string of the molecule is CCOC[C@H]1CNCc2c1cnn2C. The fraction of sp³-hybridized carbons (Fsp3) is 0.700. The average molecular weight is 195 g/mol. The van der Waals surface area contributed by atoms with Crippen LogP contribution in [-0.2, 0) is 18.3 Å². The van der Waals surface area contributed by atoms with E-state index >= 15 is 0 Å². The van der Waals surface area contributed by atoms with Gasteiger partial charge in [-0.2, -0.15) is 5.10 Å². The predicted octanol–water partition coefficient (Wildman–Crippen LogP) is 0.643. The van der Waals surface area contributed by atoms with Crippen molar-refractivity contribution in [2.75, 3.05) is 19.8 Å². The summed E-state index contributed by atoms with van der Waals surface area (Å²) in [6, 6.07) is 0. The number of aryl methyl sites for hydroxylation is 1. The quantitative estimate of drug-likeness (QED) is 0.769. The van der Waals surface area contributed by atoms with E-state index < -0.39 is 0 Å². The Kier molecular flexibility index (Phi) is 2.84. The van der Waals surface area contributed by atoms with E-state index in [4.69, 9.17) is 4.74 Å². The van der Waals surface area contributed by atoms with Gasteiger partial charge in [0.15, 0.2) is 0 Å². The van der Waals surface area contributed by atoms with Gasteiger partial charge in [0.05, 0.1) is 18.5 Å². The molecule has 1 aromatic heterocycles. The molecule has 2 rings (SSSR count). The van der Waals surface area contributed by atoms with Crippen LogP contribution in [0, 0.1) is 0 Å². The lowest BCUT2D eigenvalue weighted by atomic mass is 9.97. The molecule has 14 heavy (non-hydrogen) atoms. The molecule has 1 N–H and O–H groups in total. The van der Waals surface area contributed by atoms with Gasteiger partial charge in [-0.05, 0) is 6.92 Å². The normalized spacial score (nSPS) is 20.9. The molecule has 4 nitrogen and oxygen atoms in total. The van der Waals surface area contributed by atoms with Crippen LogP contribution in [0.3, 0.4) is 0 Å². The smallest absolute Gasteiger partial charge is 0.0554 e. The van der Waals surface area contributed by atoms with E-state index in [1.165, 1.54) is 11.3 Å². The van der Waals surface area contributed by atoms with Gasteiger partial charge in [0.25, 0.3) is 0 Å². The van der Waals surface area contributed by atoms with Crippen LogP contribution >= 0.6 is 0 Å². The highest BCUT2D eigenvalue weighted by Gasteiger charge is 2.22. The van der Waals surface area contributed by atoms with Gasteiger partial charge in [0.2, 0.25) is 0 Å². The summed E-state index contributed by atoms with van der Waals surface area (Å²) in [5.41, 5.74) is 2.64.